The van der Waals surface area contributed by atoms with Crippen LogP contribution in [0.3, 0.4) is 0 Å². The molecule has 0 bridgehead atoms. The first-order valence-electron chi connectivity index (χ1n) is 5.71. The van der Waals surface area contributed by atoms with E-state index >= 15 is 0 Å². The highest BCUT2D eigenvalue weighted by Gasteiger charge is 2.42. The molecule has 0 aliphatic heterocycles. The second-order valence-electron chi connectivity index (χ2n) is 4.76. The maximum atomic E-state index is 11.6. The van der Waals surface area contributed by atoms with Gasteiger partial charge in [0.2, 0.25) is 0 Å². The average molecular weight is 238 g/mol. The Bertz CT molecular complexity index is 423. The third-order valence-corrected chi connectivity index (χ3v) is 3.16. The fraction of sp³-hybridized carbons (Fsp3) is 0.636. The van der Waals surface area contributed by atoms with Crippen molar-refractivity contribution in [1.82, 2.24) is 15.1 Å². The molecule has 6 nitrogen and oxygen atoms in total. The van der Waals surface area contributed by atoms with E-state index in [0.717, 1.165) is 18.5 Å². The standard InChI is InChI=1S/C11H18N4O2/c1-8-5-9(15(2)14-8)13-10(17)12-6-11(7-16)3-4-11/h5,16H,3-4,6-7H2,1-2H3,(H2,12,13,17). The third kappa shape index (κ3) is 2.76. The summed E-state index contributed by atoms with van der Waals surface area (Å²) in [5.74, 6) is 0.661. The summed E-state index contributed by atoms with van der Waals surface area (Å²) in [6.45, 7) is 2.53. The van der Waals surface area contributed by atoms with E-state index in [1.807, 2.05) is 6.92 Å². The summed E-state index contributed by atoms with van der Waals surface area (Å²) in [6.07, 6.45) is 1.96. The van der Waals surface area contributed by atoms with E-state index in [-0.39, 0.29) is 18.1 Å². The smallest absolute Gasteiger partial charge is 0.320 e. The van der Waals surface area contributed by atoms with Crippen molar-refractivity contribution >= 4 is 11.8 Å². The van der Waals surface area contributed by atoms with Gasteiger partial charge in [-0.1, -0.05) is 0 Å². The Morgan fingerprint density at radius 1 is 1.65 bits per heavy atom. The number of amides is 2. The van der Waals surface area contributed by atoms with Crippen LogP contribution in [0.5, 0.6) is 0 Å². The van der Waals surface area contributed by atoms with Crippen LogP contribution < -0.4 is 10.6 Å². The normalized spacial score (nSPS) is 16.6. The van der Waals surface area contributed by atoms with Gasteiger partial charge in [-0.25, -0.2) is 4.79 Å². The van der Waals surface area contributed by atoms with Gasteiger partial charge < -0.3 is 10.4 Å². The highest BCUT2D eigenvalue weighted by molar-refractivity contribution is 5.88. The summed E-state index contributed by atoms with van der Waals surface area (Å²) >= 11 is 0. The van der Waals surface area contributed by atoms with Gasteiger partial charge in [0, 0.05) is 25.1 Å². The molecule has 1 aliphatic rings. The summed E-state index contributed by atoms with van der Waals surface area (Å²) < 4.78 is 1.62. The largest absolute Gasteiger partial charge is 0.396 e. The van der Waals surface area contributed by atoms with Gasteiger partial charge in [-0.05, 0) is 19.8 Å². The number of hydrogen-bond acceptors (Lipinski definition) is 3. The molecule has 0 unspecified atom stereocenters. The van der Waals surface area contributed by atoms with Crippen LogP contribution in [0.2, 0.25) is 0 Å². The minimum atomic E-state index is -0.257. The van der Waals surface area contributed by atoms with Crippen molar-refractivity contribution in [3.05, 3.63) is 11.8 Å². The lowest BCUT2D eigenvalue weighted by Crippen LogP contribution is -2.35. The number of anilines is 1. The number of hydrogen-bond donors (Lipinski definition) is 3. The SMILES string of the molecule is Cc1cc(NC(=O)NCC2(CO)CC2)n(C)n1. The van der Waals surface area contributed by atoms with Crippen LogP contribution in [0.15, 0.2) is 6.07 Å². The Kier molecular flexibility index (Phi) is 3.06. The van der Waals surface area contributed by atoms with E-state index in [4.69, 9.17) is 5.11 Å². The summed E-state index contributed by atoms with van der Waals surface area (Å²) in [6, 6.07) is 1.55. The van der Waals surface area contributed by atoms with E-state index in [9.17, 15) is 4.79 Å². The number of aromatic nitrogens is 2. The molecule has 2 amide bonds. The molecular weight excluding hydrogens is 220 g/mol. The van der Waals surface area contributed by atoms with E-state index in [2.05, 4.69) is 15.7 Å². The predicted molar refractivity (Wildman–Crippen MR) is 63.7 cm³/mol. The zero-order valence-corrected chi connectivity index (χ0v) is 10.2. The fourth-order valence-corrected chi connectivity index (χ4v) is 1.72. The number of aliphatic hydroxyl groups excluding tert-OH is 1. The quantitative estimate of drug-likeness (QED) is 0.719. The van der Waals surface area contributed by atoms with Crippen molar-refractivity contribution in [3.63, 3.8) is 0 Å². The molecule has 0 spiro atoms. The first-order valence-corrected chi connectivity index (χ1v) is 5.71. The van der Waals surface area contributed by atoms with Crippen LogP contribution in [0, 0.1) is 12.3 Å². The average Bonchev–Trinajstić information content (AvgIpc) is 2.99. The molecule has 1 aromatic rings. The van der Waals surface area contributed by atoms with Gasteiger partial charge >= 0.3 is 6.03 Å². The Labute approximate surface area is 100 Å². The highest BCUT2D eigenvalue weighted by Crippen LogP contribution is 2.44. The molecule has 94 valence electrons. The van der Waals surface area contributed by atoms with Gasteiger partial charge in [-0.15, -0.1) is 0 Å². The zero-order chi connectivity index (χ0) is 12.5. The van der Waals surface area contributed by atoms with Crippen LogP contribution >= 0.6 is 0 Å². The predicted octanol–water partition coefficient (Wildman–Crippen LogP) is 0.623. The number of rotatable bonds is 4. The number of urea groups is 1. The van der Waals surface area contributed by atoms with Crippen molar-refractivity contribution in [3.8, 4) is 0 Å². The van der Waals surface area contributed by atoms with Gasteiger partial charge in [-0.3, -0.25) is 10.00 Å². The molecule has 0 saturated heterocycles. The van der Waals surface area contributed by atoms with Gasteiger partial charge in [0.25, 0.3) is 0 Å². The molecular formula is C11H18N4O2. The first kappa shape index (κ1) is 11.9. The number of carbonyl (C=O) groups excluding carboxylic acids is 1. The summed E-state index contributed by atoms with van der Waals surface area (Å²) in [5, 5.41) is 18.8. The van der Waals surface area contributed by atoms with Crippen molar-refractivity contribution in [2.75, 3.05) is 18.5 Å². The van der Waals surface area contributed by atoms with Crippen LogP contribution in [-0.4, -0.2) is 34.1 Å². The first-order chi connectivity index (χ1) is 8.04. The second kappa shape index (κ2) is 4.37. The van der Waals surface area contributed by atoms with Crippen LogP contribution in [0.25, 0.3) is 0 Å². The topological polar surface area (TPSA) is 79.2 Å². The molecule has 1 aliphatic carbocycles. The Hall–Kier alpha value is -1.56. The van der Waals surface area contributed by atoms with Crippen molar-refractivity contribution in [2.24, 2.45) is 12.5 Å². The molecule has 0 aromatic carbocycles. The summed E-state index contributed by atoms with van der Waals surface area (Å²) in [5.41, 5.74) is 0.788. The monoisotopic (exact) mass is 238 g/mol. The molecule has 6 heteroatoms. The Morgan fingerprint density at radius 3 is 2.82 bits per heavy atom. The van der Waals surface area contributed by atoms with Gasteiger partial charge in [0.1, 0.15) is 5.82 Å². The maximum absolute atomic E-state index is 11.6. The minimum Gasteiger partial charge on any atom is -0.396 e. The van der Waals surface area contributed by atoms with E-state index in [1.165, 1.54) is 0 Å². The lowest BCUT2D eigenvalue weighted by molar-refractivity contribution is 0.206. The van der Waals surface area contributed by atoms with Crippen LogP contribution in [-0.2, 0) is 7.05 Å². The fourth-order valence-electron chi connectivity index (χ4n) is 1.72. The van der Waals surface area contributed by atoms with Crippen molar-refractivity contribution < 1.29 is 9.90 Å². The van der Waals surface area contributed by atoms with Gasteiger partial charge in [-0.2, -0.15) is 5.10 Å². The zero-order valence-electron chi connectivity index (χ0n) is 10.2. The van der Waals surface area contributed by atoms with Crippen molar-refractivity contribution in [2.45, 2.75) is 19.8 Å². The molecule has 17 heavy (non-hydrogen) atoms. The molecule has 0 radical (unpaired) electrons. The number of aryl methyl sites for hydroxylation is 2. The highest BCUT2D eigenvalue weighted by atomic mass is 16.3. The van der Waals surface area contributed by atoms with Crippen LogP contribution in [0.1, 0.15) is 18.5 Å². The lowest BCUT2D eigenvalue weighted by atomic mass is 10.1. The molecule has 1 saturated carbocycles. The van der Waals surface area contributed by atoms with E-state index in [0.29, 0.717) is 12.4 Å². The Morgan fingerprint density at radius 2 is 2.35 bits per heavy atom. The second-order valence-corrected chi connectivity index (χ2v) is 4.76. The van der Waals surface area contributed by atoms with Gasteiger partial charge in [0.15, 0.2) is 0 Å². The molecule has 1 aromatic heterocycles. The lowest BCUT2D eigenvalue weighted by Gasteiger charge is -2.13. The molecule has 1 heterocycles. The van der Waals surface area contributed by atoms with E-state index < -0.39 is 0 Å². The van der Waals surface area contributed by atoms with E-state index in [1.54, 1.807) is 17.8 Å². The number of nitrogens with zero attached hydrogens (tertiary/aromatic N) is 2. The molecule has 0 atom stereocenters. The van der Waals surface area contributed by atoms with Gasteiger partial charge in [0.05, 0.1) is 12.3 Å². The van der Waals surface area contributed by atoms with Crippen LogP contribution in [0.4, 0.5) is 10.6 Å². The molecule has 2 rings (SSSR count). The number of carbonyl (C=O) groups is 1. The Balaban J connectivity index is 1.83. The van der Waals surface area contributed by atoms with Crippen molar-refractivity contribution in [1.29, 1.82) is 0 Å². The summed E-state index contributed by atoms with van der Waals surface area (Å²) in [7, 11) is 1.78. The number of nitrogens with one attached hydrogen (secondary N) is 2. The molecule has 3 N–H and O–H groups in total. The third-order valence-electron chi connectivity index (χ3n) is 3.16. The maximum Gasteiger partial charge on any atom is 0.320 e. The summed E-state index contributed by atoms with van der Waals surface area (Å²) in [4.78, 5) is 11.6. The molecule has 1 fully saturated rings. The minimum absolute atomic E-state index is 0.0697. The number of aliphatic hydroxyl groups is 1.